The van der Waals surface area contributed by atoms with Crippen molar-refractivity contribution in [3.8, 4) is 17.1 Å². The van der Waals surface area contributed by atoms with Gasteiger partial charge in [-0.25, -0.2) is 9.67 Å². The van der Waals surface area contributed by atoms with E-state index in [1.807, 2.05) is 35.9 Å². The molecule has 0 aliphatic carbocycles. The van der Waals surface area contributed by atoms with Crippen LogP contribution in [-0.2, 0) is 9.47 Å². The molecule has 0 aromatic carbocycles. The Morgan fingerprint density at radius 3 is 2.75 bits per heavy atom. The third kappa shape index (κ3) is 2.91. The Morgan fingerprint density at radius 1 is 1.12 bits per heavy atom. The highest BCUT2D eigenvalue weighted by Gasteiger charge is 2.25. The Morgan fingerprint density at radius 2 is 2.00 bits per heavy atom. The van der Waals surface area contributed by atoms with Gasteiger partial charge in [-0.3, -0.25) is 9.97 Å². The van der Waals surface area contributed by atoms with Crippen molar-refractivity contribution in [3.63, 3.8) is 0 Å². The van der Waals surface area contributed by atoms with Crippen LogP contribution >= 0.6 is 0 Å². The standard InChI is InChI=1S/C17H17N5O2/c1-12-10-14(4-7-19-12)22-17(15-11-23-8-9-24-15)20-16(21-22)13-2-5-18-6-3-13/h2-7,10,15H,8-9,11H2,1H3/t15-/m0/s1. The van der Waals surface area contributed by atoms with E-state index in [0.29, 0.717) is 25.6 Å². The van der Waals surface area contributed by atoms with Gasteiger partial charge in [0.25, 0.3) is 0 Å². The zero-order valence-electron chi connectivity index (χ0n) is 13.3. The molecule has 1 saturated heterocycles. The van der Waals surface area contributed by atoms with Crippen LogP contribution in [0.25, 0.3) is 17.1 Å². The molecule has 1 aliphatic rings. The molecule has 3 aromatic heterocycles. The van der Waals surface area contributed by atoms with Crippen molar-refractivity contribution in [2.45, 2.75) is 13.0 Å². The van der Waals surface area contributed by atoms with Gasteiger partial charge < -0.3 is 9.47 Å². The monoisotopic (exact) mass is 323 g/mol. The molecule has 4 rings (SSSR count). The number of ether oxygens (including phenoxy) is 2. The summed E-state index contributed by atoms with van der Waals surface area (Å²) in [6, 6.07) is 7.66. The molecule has 0 amide bonds. The Kier molecular flexibility index (Phi) is 4.02. The van der Waals surface area contributed by atoms with Crippen LogP contribution in [0.3, 0.4) is 0 Å². The van der Waals surface area contributed by atoms with Gasteiger partial charge in [0.1, 0.15) is 6.10 Å². The molecule has 0 bridgehead atoms. The van der Waals surface area contributed by atoms with Crippen molar-refractivity contribution in [3.05, 3.63) is 54.4 Å². The fourth-order valence-electron chi connectivity index (χ4n) is 2.65. The second kappa shape index (κ2) is 6.46. The third-order valence-corrected chi connectivity index (χ3v) is 3.80. The summed E-state index contributed by atoms with van der Waals surface area (Å²) in [4.78, 5) is 13.0. The predicted octanol–water partition coefficient (Wildman–Crippen LogP) is 2.12. The maximum atomic E-state index is 5.83. The molecule has 0 N–H and O–H groups in total. The van der Waals surface area contributed by atoms with Gasteiger partial charge in [-0.05, 0) is 31.2 Å². The second-order valence-electron chi connectivity index (χ2n) is 5.53. The number of nitrogens with zero attached hydrogens (tertiary/aromatic N) is 5. The largest absolute Gasteiger partial charge is 0.376 e. The van der Waals surface area contributed by atoms with Gasteiger partial charge in [-0.15, -0.1) is 5.10 Å². The Labute approximate surface area is 139 Å². The predicted molar refractivity (Wildman–Crippen MR) is 86.6 cm³/mol. The third-order valence-electron chi connectivity index (χ3n) is 3.80. The van der Waals surface area contributed by atoms with Crippen LogP contribution < -0.4 is 0 Å². The smallest absolute Gasteiger partial charge is 0.182 e. The van der Waals surface area contributed by atoms with E-state index in [0.717, 1.165) is 22.8 Å². The quantitative estimate of drug-likeness (QED) is 0.735. The number of aryl methyl sites for hydroxylation is 1. The Balaban J connectivity index is 1.82. The first kappa shape index (κ1) is 14.9. The fourth-order valence-corrected chi connectivity index (χ4v) is 2.65. The summed E-state index contributed by atoms with van der Waals surface area (Å²) in [6.45, 7) is 3.58. The number of hydrogen-bond acceptors (Lipinski definition) is 6. The highest BCUT2D eigenvalue weighted by Crippen LogP contribution is 2.25. The van der Waals surface area contributed by atoms with Crippen LogP contribution in [0.15, 0.2) is 42.9 Å². The molecular weight excluding hydrogens is 306 g/mol. The minimum Gasteiger partial charge on any atom is -0.376 e. The Hall–Kier alpha value is -2.64. The molecule has 0 radical (unpaired) electrons. The summed E-state index contributed by atoms with van der Waals surface area (Å²) < 4.78 is 13.2. The highest BCUT2D eigenvalue weighted by atomic mass is 16.6. The normalized spacial score (nSPS) is 17.8. The van der Waals surface area contributed by atoms with E-state index >= 15 is 0 Å². The Bertz CT molecular complexity index is 828. The average Bonchev–Trinajstić information content (AvgIpc) is 3.09. The number of pyridine rings is 2. The molecule has 0 saturated carbocycles. The van der Waals surface area contributed by atoms with Crippen molar-refractivity contribution in [1.29, 1.82) is 0 Å². The van der Waals surface area contributed by atoms with Crippen LogP contribution in [0.2, 0.25) is 0 Å². The summed E-state index contributed by atoms with van der Waals surface area (Å²) in [5.41, 5.74) is 2.73. The topological polar surface area (TPSA) is 75.0 Å². The summed E-state index contributed by atoms with van der Waals surface area (Å²) in [6.07, 6.45) is 4.98. The SMILES string of the molecule is Cc1cc(-n2nc(-c3ccncc3)nc2[C@@H]2COCCO2)ccn1. The maximum Gasteiger partial charge on any atom is 0.182 e. The van der Waals surface area contributed by atoms with Crippen molar-refractivity contribution < 1.29 is 9.47 Å². The first-order valence-corrected chi connectivity index (χ1v) is 7.81. The van der Waals surface area contributed by atoms with E-state index < -0.39 is 0 Å². The van der Waals surface area contributed by atoms with Crippen LogP contribution in [0.4, 0.5) is 0 Å². The first-order valence-electron chi connectivity index (χ1n) is 7.81. The minimum atomic E-state index is -0.240. The molecule has 1 aliphatic heterocycles. The molecule has 7 nitrogen and oxygen atoms in total. The van der Waals surface area contributed by atoms with Crippen molar-refractivity contribution in [1.82, 2.24) is 24.7 Å². The van der Waals surface area contributed by atoms with Gasteiger partial charge in [0.15, 0.2) is 11.6 Å². The molecule has 24 heavy (non-hydrogen) atoms. The van der Waals surface area contributed by atoms with E-state index in [4.69, 9.17) is 14.5 Å². The highest BCUT2D eigenvalue weighted by molar-refractivity contribution is 5.54. The summed E-state index contributed by atoms with van der Waals surface area (Å²) >= 11 is 0. The van der Waals surface area contributed by atoms with Gasteiger partial charge in [0.2, 0.25) is 0 Å². The van der Waals surface area contributed by atoms with Gasteiger partial charge in [0, 0.05) is 29.8 Å². The average molecular weight is 323 g/mol. The second-order valence-corrected chi connectivity index (χ2v) is 5.53. The summed E-state index contributed by atoms with van der Waals surface area (Å²) in [7, 11) is 0. The van der Waals surface area contributed by atoms with Crippen LogP contribution in [0, 0.1) is 6.92 Å². The molecule has 0 unspecified atom stereocenters. The lowest BCUT2D eigenvalue weighted by Crippen LogP contribution is -2.24. The van der Waals surface area contributed by atoms with Crippen molar-refractivity contribution in [2.24, 2.45) is 0 Å². The molecular formula is C17H17N5O2. The first-order chi connectivity index (χ1) is 11.8. The molecule has 122 valence electrons. The lowest BCUT2D eigenvalue weighted by molar-refractivity contribution is -0.0942. The lowest BCUT2D eigenvalue weighted by Gasteiger charge is -2.22. The van der Waals surface area contributed by atoms with Crippen molar-refractivity contribution in [2.75, 3.05) is 19.8 Å². The van der Waals surface area contributed by atoms with E-state index in [1.54, 1.807) is 18.6 Å². The van der Waals surface area contributed by atoms with Crippen LogP contribution in [-0.4, -0.2) is 44.6 Å². The van der Waals surface area contributed by atoms with E-state index in [-0.39, 0.29) is 6.10 Å². The molecule has 7 heteroatoms. The summed E-state index contributed by atoms with van der Waals surface area (Å²) in [5, 5.41) is 4.68. The molecule has 0 spiro atoms. The van der Waals surface area contributed by atoms with E-state index in [1.165, 1.54) is 0 Å². The summed E-state index contributed by atoms with van der Waals surface area (Å²) in [5.74, 6) is 1.36. The minimum absolute atomic E-state index is 0.240. The van der Waals surface area contributed by atoms with E-state index in [2.05, 4.69) is 15.1 Å². The van der Waals surface area contributed by atoms with Crippen LogP contribution in [0.5, 0.6) is 0 Å². The van der Waals surface area contributed by atoms with Crippen LogP contribution in [0.1, 0.15) is 17.6 Å². The molecule has 1 fully saturated rings. The number of rotatable bonds is 3. The number of hydrogen-bond donors (Lipinski definition) is 0. The van der Waals surface area contributed by atoms with Gasteiger partial charge >= 0.3 is 0 Å². The molecule has 4 heterocycles. The number of aromatic nitrogens is 5. The van der Waals surface area contributed by atoms with Gasteiger partial charge in [0.05, 0.1) is 25.5 Å². The van der Waals surface area contributed by atoms with Gasteiger partial charge in [-0.1, -0.05) is 0 Å². The molecule has 3 aromatic rings. The zero-order valence-corrected chi connectivity index (χ0v) is 13.3. The zero-order chi connectivity index (χ0) is 16.4. The maximum absolute atomic E-state index is 5.83. The van der Waals surface area contributed by atoms with E-state index in [9.17, 15) is 0 Å². The van der Waals surface area contributed by atoms with Gasteiger partial charge in [-0.2, -0.15) is 0 Å². The van der Waals surface area contributed by atoms with Crippen molar-refractivity contribution >= 4 is 0 Å². The molecule has 1 atom stereocenters. The lowest BCUT2D eigenvalue weighted by atomic mass is 10.2. The fraction of sp³-hybridized carbons (Fsp3) is 0.294.